The molecule has 1 aliphatic rings. The van der Waals surface area contributed by atoms with Crippen LogP contribution in [0, 0.1) is 12.7 Å². The molecule has 0 bridgehead atoms. The summed E-state index contributed by atoms with van der Waals surface area (Å²) in [6.07, 6.45) is -4.10. The molecule has 2 aromatic rings. The van der Waals surface area contributed by atoms with Crippen LogP contribution in [0.5, 0.6) is 11.6 Å². The molecule has 1 unspecified atom stereocenters. The lowest BCUT2D eigenvalue weighted by Gasteiger charge is -2.19. The fourth-order valence-electron chi connectivity index (χ4n) is 3.04. The molecule has 1 fully saturated rings. The Morgan fingerprint density at radius 3 is 2.71 bits per heavy atom. The van der Waals surface area contributed by atoms with Crippen LogP contribution in [0.15, 0.2) is 12.1 Å². The van der Waals surface area contributed by atoms with E-state index in [4.69, 9.17) is 26.8 Å². The first-order chi connectivity index (χ1) is 13.1. The van der Waals surface area contributed by atoms with Gasteiger partial charge in [-0.3, -0.25) is 0 Å². The number of carbonyl (C=O) groups is 1. The van der Waals surface area contributed by atoms with E-state index in [-0.39, 0.29) is 17.9 Å². The number of carbonyl (C=O) groups excluding carboxylic acids is 1. The van der Waals surface area contributed by atoms with Crippen LogP contribution in [0.1, 0.15) is 29.7 Å². The Morgan fingerprint density at radius 1 is 1.46 bits per heavy atom. The molecule has 1 saturated heterocycles. The van der Waals surface area contributed by atoms with Crippen LogP contribution in [-0.4, -0.2) is 28.5 Å². The number of amides is 1. The third-order valence-corrected chi connectivity index (χ3v) is 4.72. The van der Waals surface area contributed by atoms with Crippen LogP contribution in [0.2, 0.25) is 5.02 Å². The van der Waals surface area contributed by atoms with Gasteiger partial charge in [-0.15, -0.1) is 5.10 Å². The van der Waals surface area contributed by atoms with E-state index >= 15 is 0 Å². The number of hydrogen-bond donors (Lipinski definition) is 1. The number of nitrogens with two attached hydrogens (primary N) is 1. The number of hydrogen-bond acceptors (Lipinski definition) is 4. The van der Waals surface area contributed by atoms with Crippen molar-refractivity contribution in [2.24, 2.45) is 5.73 Å². The van der Waals surface area contributed by atoms with Crippen LogP contribution in [0.3, 0.4) is 0 Å². The number of ether oxygens (including phenoxy) is 2. The fourth-order valence-corrected chi connectivity index (χ4v) is 3.35. The first kappa shape index (κ1) is 20.4. The van der Waals surface area contributed by atoms with Crippen molar-refractivity contribution in [1.82, 2.24) is 9.78 Å². The molecule has 6 nitrogen and oxygen atoms in total. The van der Waals surface area contributed by atoms with E-state index in [1.54, 1.807) is 0 Å². The summed E-state index contributed by atoms with van der Waals surface area (Å²) in [6.45, 7) is 1.94. The highest BCUT2D eigenvalue weighted by Crippen LogP contribution is 2.43. The van der Waals surface area contributed by atoms with Crippen molar-refractivity contribution < 1.29 is 31.8 Å². The molecule has 0 saturated carbocycles. The molecule has 152 valence electrons. The maximum absolute atomic E-state index is 14.4. The van der Waals surface area contributed by atoms with Gasteiger partial charge in [-0.1, -0.05) is 11.6 Å². The van der Waals surface area contributed by atoms with Crippen LogP contribution in [-0.2, 0) is 17.3 Å². The molecule has 1 amide bonds. The maximum atomic E-state index is 14.4. The first-order valence-electron chi connectivity index (χ1n) is 8.32. The molecule has 1 atom stereocenters. The van der Waals surface area contributed by atoms with Gasteiger partial charge >= 0.3 is 12.2 Å². The topological polar surface area (TPSA) is 79.4 Å². The van der Waals surface area contributed by atoms with E-state index in [1.165, 1.54) is 13.0 Å². The quantitative estimate of drug-likeness (QED) is 0.740. The highest BCUT2D eigenvalue weighted by Gasteiger charge is 2.38. The average Bonchev–Trinajstić information content (AvgIpc) is 3.22. The van der Waals surface area contributed by atoms with E-state index in [0.29, 0.717) is 24.8 Å². The van der Waals surface area contributed by atoms with Crippen molar-refractivity contribution in [3.8, 4) is 11.6 Å². The average molecular weight is 422 g/mol. The Balaban J connectivity index is 2.03. The third-order valence-electron chi connectivity index (χ3n) is 4.32. The number of benzene rings is 1. The minimum atomic E-state index is -4.80. The second-order valence-electron chi connectivity index (χ2n) is 6.34. The Bertz CT molecular complexity index is 908. The zero-order chi connectivity index (χ0) is 20.6. The molecule has 1 aliphatic heterocycles. The number of primary amides is 1. The van der Waals surface area contributed by atoms with Gasteiger partial charge in [0.25, 0.3) is 0 Å². The van der Waals surface area contributed by atoms with Crippen LogP contribution >= 0.6 is 11.6 Å². The van der Waals surface area contributed by atoms with Crippen LogP contribution < -0.4 is 10.5 Å². The predicted molar refractivity (Wildman–Crippen MR) is 91.1 cm³/mol. The number of alkyl halides is 3. The highest BCUT2D eigenvalue weighted by molar-refractivity contribution is 6.33. The smallest absolute Gasteiger partial charge is 0.416 e. The lowest BCUT2D eigenvalue weighted by molar-refractivity contribution is -0.138. The molecule has 0 spiro atoms. The lowest BCUT2D eigenvalue weighted by Crippen LogP contribution is -2.21. The molecular formula is C17H16ClF4N3O3. The first-order valence-corrected chi connectivity index (χ1v) is 8.69. The summed E-state index contributed by atoms with van der Waals surface area (Å²) in [7, 11) is 0. The van der Waals surface area contributed by atoms with Gasteiger partial charge in [0.1, 0.15) is 0 Å². The Morgan fingerprint density at radius 2 is 2.18 bits per heavy atom. The van der Waals surface area contributed by atoms with Crippen molar-refractivity contribution in [3.63, 3.8) is 0 Å². The molecule has 2 N–H and O–H groups in total. The van der Waals surface area contributed by atoms with Gasteiger partial charge < -0.3 is 15.2 Å². The second kappa shape index (κ2) is 7.59. The zero-order valence-electron chi connectivity index (χ0n) is 14.6. The number of aromatic nitrogens is 2. The summed E-state index contributed by atoms with van der Waals surface area (Å²) in [4.78, 5) is 11.3. The minimum absolute atomic E-state index is 0.140. The van der Waals surface area contributed by atoms with Gasteiger partial charge in [0, 0.05) is 19.1 Å². The van der Waals surface area contributed by atoms with Crippen molar-refractivity contribution in [2.45, 2.75) is 38.5 Å². The summed E-state index contributed by atoms with van der Waals surface area (Å²) in [5.74, 6) is -2.16. The molecular weight excluding hydrogens is 406 g/mol. The summed E-state index contributed by atoms with van der Waals surface area (Å²) >= 11 is 6.12. The Kier molecular flexibility index (Phi) is 5.53. The Labute approximate surface area is 162 Å². The van der Waals surface area contributed by atoms with Crippen molar-refractivity contribution in [3.05, 3.63) is 39.8 Å². The van der Waals surface area contributed by atoms with Gasteiger partial charge in [-0.05, 0) is 31.4 Å². The van der Waals surface area contributed by atoms with Gasteiger partial charge in [-0.25, -0.2) is 9.18 Å². The van der Waals surface area contributed by atoms with Gasteiger partial charge in [0.15, 0.2) is 11.6 Å². The molecule has 0 radical (unpaired) electrons. The van der Waals surface area contributed by atoms with Crippen LogP contribution in [0.4, 0.5) is 22.4 Å². The molecule has 28 heavy (non-hydrogen) atoms. The standard InChI is InChI=1S/C17H16ClF4N3O3/c1-8-5-13(24-25(8)16(23)26)28-15-12(19)7-11(17(20,21)22)10(14(15)18)6-9-3-2-4-27-9/h5,7,9H,2-4,6H2,1H3,(H2,23,26). The van der Waals surface area contributed by atoms with E-state index < -0.39 is 40.5 Å². The second-order valence-corrected chi connectivity index (χ2v) is 6.72. The molecule has 0 aliphatic carbocycles. The van der Waals surface area contributed by atoms with Crippen LogP contribution in [0.25, 0.3) is 0 Å². The number of rotatable bonds is 4. The summed E-state index contributed by atoms with van der Waals surface area (Å²) in [5, 5.41) is 3.22. The predicted octanol–water partition coefficient (Wildman–Crippen LogP) is 4.44. The largest absolute Gasteiger partial charge is 0.433 e. The van der Waals surface area contributed by atoms with E-state index in [2.05, 4.69) is 5.10 Å². The van der Waals surface area contributed by atoms with Gasteiger partial charge in [-0.2, -0.15) is 17.9 Å². The normalized spacial score (nSPS) is 17.1. The van der Waals surface area contributed by atoms with E-state index in [9.17, 15) is 22.4 Å². The van der Waals surface area contributed by atoms with Crippen molar-refractivity contribution >= 4 is 17.6 Å². The summed E-state index contributed by atoms with van der Waals surface area (Å²) in [6, 6.07) is 0.715. The van der Waals surface area contributed by atoms with Crippen molar-refractivity contribution in [2.75, 3.05) is 6.61 Å². The number of nitrogens with zero attached hydrogens (tertiary/aromatic N) is 2. The lowest BCUT2D eigenvalue weighted by atomic mass is 9.99. The molecule has 3 rings (SSSR count). The number of halogens is 5. The summed E-state index contributed by atoms with van der Waals surface area (Å²) < 4.78 is 66.1. The highest BCUT2D eigenvalue weighted by atomic mass is 35.5. The zero-order valence-corrected chi connectivity index (χ0v) is 15.4. The van der Waals surface area contributed by atoms with E-state index in [1.807, 2.05) is 0 Å². The molecule has 2 heterocycles. The SMILES string of the molecule is Cc1cc(Oc2c(F)cc(C(F)(F)F)c(CC3CCCO3)c2Cl)nn1C(N)=O. The number of aryl methyl sites for hydroxylation is 1. The monoisotopic (exact) mass is 421 g/mol. The fraction of sp³-hybridized carbons (Fsp3) is 0.412. The van der Waals surface area contributed by atoms with Crippen molar-refractivity contribution in [1.29, 1.82) is 0 Å². The molecule has 1 aromatic heterocycles. The summed E-state index contributed by atoms with van der Waals surface area (Å²) in [5.41, 5.74) is 3.93. The Hall–Kier alpha value is -2.33. The third kappa shape index (κ3) is 4.07. The molecule has 11 heteroatoms. The molecule has 1 aromatic carbocycles. The van der Waals surface area contributed by atoms with Gasteiger partial charge in [0.05, 0.1) is 22.4 Å². The maximum Gasteiger partial charge on any atom is 0.416 e. The minimum Gasteiger partial charge on any atom is -0.433 e. The van der Waals surface area contributed by atoms with E-state index in [0.717, 1.165) is 11.1 Å². The van der Waals surface area contributed by atoms with Gasteiger partial charge in [0.2, 0.25) is 5.88 Å².